The van der Waals surface area contributed by atoms with Gasteiger partial charge in [0.05, 0.1) is 29.5 Å². The van der Waals surface area contributed by atoms with Crippen LogP contribution in [0.1, 0.15) is 21.6 Å². The van der Waals surface area contributed by atoms with Gasteiger partial charge in [-0.3, -0.25) is 9.59 Å². The minimum atomic E-state index is -0.414. The number of nitrogens with one attached hydrogen (secondary N) is 1. The lowest BCUT2D eigenvalue weighted by Gasteiger charge is -2.17. The van der Waals surface area contributed by atoms with Crippen LogP contribution in [0.5, 0.6) is 0 Å². The fourth-order valence-electron chi connectivity index (χ4n) is 3.16. The molecule has 2 amide bonds. The molecule has 3 heterocycles. The summed E-state index contributed by atoms with van der Waals surface area (Å²) in [6.07, 6.45) is 1.52. The molecule has 1 aromatic carbocycles. The largest absolute Gasteiger partial charge is 0.463 e. The molecule has 0 fully saturated rings. The van der Waals surface area contributed by atoms with Crippen molar-refractivity contribution in [2.75, 3.05) is 13.6 Å². The van der Waals surface area contributed by atoms with Gasteiger partial charge in [0.1, 0.15) is 5.69 Å². The second kappa shape index (κ2) is 8.20. The summed E-state index contributed by atoms with van der Waals surface area (Å²) in [7, 11) is 1.70. The fraction of sp³-hybridized carbons (Fsp3) is 0.182. The number of fused-ring (bicyclic) bond motifs is 1. The Morgan fingerprint density at radius 1 is 1.13 bits per heavy atom. The number of pyridine rings is 1. The molecule has 1 N–H and O–H groups in total. The van der Waals surface area contributed by atoms with Crippen molar-refractivity contribution in [3.05, 3.63) is 71.6 Å². The Balaban J connectivity index is 1.51. The van der Waals surface area contributed by atoms with Crippen LogP contribution >= 0.6 is 0 Å². The van der Waals surface area contributed by atoms with Crippen LogP contribution in [0.15, 0.2) is 63.7 Å². The van der Waals surface area contributed by atoms with E-state index in [1.54, 1.807) is 37.1 Å². The number of carbonyl (C=O) groups is 2. The number of hydrogen-bond donors (Lipinski definition) is 1. The third-order valence-corrected chi connectivity index (χ3v) is 4.72. The Bertz CT molecular complexity index is 1180. The van der Waals surface area contributed by atoms with Gasteiger partial charge < -0.3 is 19.2 Å². The Kier molecular flexibility index (Phi) is 5.30. The van der Waals surface area contributed by atoms with Crippen LogP contribution < -0.4 is 5.32 Å². The first-order valence-corrected chi connectivity index (χ1v) is 9.40. The molecule has 0 aliphatic heterocycles. The Hall–Kier alpha value is -3.94. The number of rotatable bonds is 6. The predicted molar refractivity (Wildman–Crippen MR) is 109 cm³/mol. The molecule has 0 saturated heterocycles. The molecule has 8 nitrogen and oxygen atoms in total. The summed E-state index contributed by atoms with van der Waals surface area (Å²) in [5, 5.41) is 7.10. The Morgan fingerprint density at radius 2 is 1.93 bits per heavy atom. The smallest absolute Gasteiger partial charge is 0.259 e. The molecule has 0 bridgehead atoms. The SMILES string of the molecule is Cc1noc2nc(-c3ccco3)cc(C(=O)NCC(=O)N(C)Cc3ccccc3)c12. The van der Waals surface area contributed by atoms with Crippen LogP contribution in [-0.4, -0.2) is 40.4 Å². The molecule has 0 unspecified atom stereocenters. The lowest BCUT2D eigenvalue weighted by Crippen LogP contribution is -2.37. The first-order valence-electron chi connectivity index (χ1n) is 9.40. The highest BCUT2D eigenvalue weighted by Gasteiger charge is 2.21. The molecule has 0 aliphatic rings. The van der Waals surface area contributed by atoms with E-state index in [1.807, 2.05) is 30.3 Å². The van der Waals surface area contributed by atoms with Gasteiger partial charge in [-0.25, -0.2) is 4.98 Å². The molecule has 30 heavy (non-hydrogen) atoms. The minimum absolute atomic E-state index is 0.133. The molecule has 0 radical (unpaired) electrons. The summed E-state index contributed by atoms with van der Waals surface area (Å²) in [5.74, 6) is -0.118. The van der Waals surface area contributed by atoms with Crippen LogP contribution in [0, 0.1) is 6.92 Å². The molecule has 4 aromatic rings. The Labute approximate surface area is 172 Å². The van der Waals surface area contributed by atoms with Gasteiger partial charge >= 0.3 is 0 Å². The van der Waals surface area contributed by atoms with E-state index in [9.17, 15) is 9.59 Å². The molecule has 152 valence electrons. The highest BCUT2D eigenvalue weighted by Crippen LogP contribution is 2.27. The number of nitrogens with zero attached hydrogens (tertiary/aromatic N) is 3. The minimum Gasteiger partial charge on any atom is -0.463 e. The van der Waals surface area contributed by atoms with E-state index in [4.69, 9.17) is 8.94 Å². The van der Waals surface area contributed by atoms with Crippen molar-refractivity contribution in [3.63, 3.8) is 0 Å². The molecular weight excluding hydrogens is 384 g/mol. The van der Waals surface area contributed by atoms with Crippen LogP contribution in [-0.2, 0) is 11.3 Å². The number of carbonyl (C=O) groups excluding carboxylic acids is 2. The van der Waals surface area contributed by atoms with Gasteiger partial charge in [-0.05, 0) is 30.7 Å². The normalized spacial score (nSPS) is 10.9. The zero-order valence-electron chi connectivity index (χ0n) is 16.6. The van der Waals surface area contributed by atoms with Gasteiger partial charge in [0.2, 0.25) is 5.91 Å². The third-order valence-electron chi connectivity index (χ3n) is 4.72. The molecular formula is C22H20N4O4. The number of amides is 2. The summed E-state index contributed by atoms with van der Waals surface area (Å²) >= 11 is 0. The van der Waals surface area contributed by atoms with Gasteiger partial charge in [0, 0.05) is 13.6 Å². The maximum atomic E-state index is 12.9. The zero-order valence-corrected chi connectivity index (χ0v) is 16.6. The van der Waals surface area contributed by atoms with E-state index in [-0.39, 0.29) is 18.2 Å². The van der Waals surface area contributed by atoms with Gasteiger partial charge in [-0.15, -0.1) is 0 Å². The fourth-order valence-corrected chi connectivity index (χ4v) is 3.16. The van der Waals surface area contributed by atoms with Gasteiger partial charge in [0.15, 0.2) is 5.76 Å². The maximum Gasteiger partial charge on any atom is 0.259 e. The van der Waals surface area contributed by atoms with Crippen molar-refractivity contribution in [3.8, 4) is 11.5 Å². The van der Waals surface area contributed by atoms with Gasteiger partial charge in [0.25, 0.3) is 11.6 Å². The number of likely N-dealkylation sites (N-methyl/N-ethyl adjacent to an activating group) is 1. The molecule has 3 aromatic heterocycles. The molecule has 0 atom stereocenters. The summed E-state index contributed by atoms with van der Waals surface area (Å²) < 4.78 is 10.6. The highest BCUT2D eigenvalue weighted by molar-refractivity contribution is 6.07. The number of furan rings is 1. The lowest BCUT2D eigenvalue weighted by atomic mass is 10.1. The van der Waals surface area contributed by atoms with Crippen molar-refractivity contribution in [1.29, 1.82) is 0 Å². The number of aryl methyl sites for hydroxylation is 1. The van der Waals surface area contributed by atoms with Crippen molar-refractivity contribution in [2.45, 2.75) is 13.5 Å². The molecule has 0 aliphatic carbocycles. The first kappa shape index (κ1) is 19.4. The topological polar surface area (TPSA) is 101 Å². The summed E-state index contributed by atoms with van der Waals surface area (Å²) in [6, 6.07) is 14.7. The van der Waals surface area contributed by atoms with Crippen molar-refractivity contribution in [1.82, 2.24) is 20.4 Å². The second-order valence-corrected chi connectivity index (χ2v) is 6.90. The standard InChI is InChI=1S/C22H20N4O4/c1-14-20-16(11-17(18-9-6-10-29-18)24-22(20)30-25-14)21(28)23-12-19(27)26(2)13-15-7-4-3-5-8-15/h3-11H,12-13H2,1-2H3,(H,23,28). The first-order chi connectivity index (χ1) is 14.5. The molecule has 0 saturated carbocycles. The van der Waals surface area contributed by atoms with E-state index in [0.717, 1.165) is 5.56 Å². The third kappa shape index (κ3) is 3.93. The van der Waals surface area contributed by atoms with E-state index in [2.05, 4.69) is 15.5 Å². The summed E-state index contributed by atoms with van der Waals surface area (Å²) in [4.78, 5) is 31.3. The summed E-state index contributed by atoms with van der Waals surface area (Å²) in [5.41, 5.74) is 2.56. The number of benzene rings is 1. The quantitative estimate of drug-likeness (QED) is 0.530. The number of hydrogen-bond acceptors (Lipinski definition) is 6. The number of aromatic nitrogens is 2. The van der Waals surface area contributed by atoms with Crippen molar-refractivity contribution in [2.24, 2.45) is 0 Å². The van der Waals surface area contributed by atoms with Gasteiger partial charge in [-0.2, -0.15) is 0 Å². The molecule has 8 heteroatoms. The van der Waals surface area contributed by atoms with Gasteiger partial charge in [-0.1, -0.05) is 35.5 Å². The van der Waals surface area contributed by atoms with Crippen molar-refractivity contribution < 1.29 is 18.5 Å². The predicted octanol–water partition coefficient (Wildman–Crippen LogP) is 3.18. The summed E-state index contributed by atoms with van der Waals surface area (Å²) in [6.45, 7) is 2.06. The van der Waals surface area contributed by atoms with Crippen molar-refractivity contribution >= 4 is 22.9 Å². The van der Waals surface area contributed by atoms with Crippen LogP contribution in [0.2, 0.25) is 0 Å². The zero-order chi connectivity index (χ0) is 21.1. The molecule has 0 spiro atoms. The lowest BCUT2D eigenvalue weighted by molar-refractivity contribution is -0.129. The average molecular weight is 404 g/mol. The van der Waals surface area contributed by atoms with E-state index in [1.165, 1.54) is 6.26 Å². The molecule has 4 rings (SSSR count). The Morgan fingerprint density at radius 3 is 2.67 bits per heavy atom. The van der Waals surface area contributed by atoms with E-state index < -0.39 is 5.91 Å². The van der Waals surface area contributed by atoms with Crippen LogP contribution in [0.3, 0.4) is 0 Å². The van der Waals surface area contributed by atoms with E-state index >= 15 is 0 Å². The van der Waals surface area contributed by atoms with Crippen LogP contribution in [0.25, 0.3) is 22.6 Å². The average Bonchev–Trinajstić information content (AvgIpc) is 3.42. The van der Waals surface area contributed by atoms with E-state index in [0.29, 0.717) is 34.6 Å². The highest BCUT2D eigenvalue weighted by atomic mass is 16.5. The van der Waals surface area contributed by atoms with Crippen LogP contribution in [0.4, 0.5) is 0 Å². The second-order valence-electron chi connectivity index (χ2n) is 6.90. The monoisotopic (exact) mass is 404 g/mol. The maximum absolute atomic E-state index is 12.9.